The molecule has 0 aliphatic rings. The standard InChI is InChI=1S/C14H17N3O3/c1-20-8-2-7-16-13(18)9-14(19)17-12-5-3-11(10-15)4-6-12/h3-6H,2,7-9H2,1H3,(H,16,18)(H,17,19). The summed E-state index contributed by atoms with van der Waals surface area (Å²) in [5.74, 6) is -0.716. The maximum Gasteiger partial charge on any atom is 0.233 e. The predicted octanol–water partition coefficient (Wildman–Crippen LogP) is 1.04. The Morgan fingerprint density at radius 3 is 2.55 bits per heavy atom. The second-order valence-corrected chi connectivity index (χ2v) is 4.11. The molecule has 0 heterocycles. The Bertz CT molecular complexity index is 491. The molecule has 6 heteroatoms. The van der Waals surface area contributed by atoms with E-state index < -0.39 is 0 Å². The number of nitriles is 1. The lowest BCUT2D eigenvalue weighted by atomic mass is 10.2. The Labute approximate surface area is 117 Å². The van der Waals surface area contributed by atoms with E-state index in [1.807, 2.05) is 6.07 Å². The fourth-order valence-electron chi connectivity index (χ4n) is 1.49. The van der Waals surface area contributed by atoms with Crippen LogP contribution in [0.2, 0.25) is 0 Å². The van der Waals surface area contributed by atoms with Gasteiger partial charge in [-0.25, -0.2) is 0 Å². The number of anilines is 1. The van der Waals surface area contributed by atoms with Gasteiger partial charge in [0.25, 0.3) is 0 Å². The summed E-state index contributed by atoms with van der Waals surface area (Å²) in [4.78, 5) is 23.1. The maximum atomic E-state index is 11.6. The van der Waals surface area contributed by atoms with Crippen molar-refractivity contribution < 1.29 is 14.3 Å². The monoisotopic (exact) mass is 275 g/mol. The molecule has 0 aliphatic heterocycles. The molecule has 0 saturated carbocycles. The van der Waals surface area contributed by atoms with Crippen molar-refractivity contribution in [1.82, 2.24) is 5.32 Å². The smallest absolute Gasteiger partial charge is 0.233 e. The van der Waals surface area contributed by atoms with Crippen LogP contribution in [0.4, 0.5) is 5.69 Å². The molecule has 0 fully saturated rings. The molecule has 0 atom stereocenters. The van der Waals surface area contributed by atoms with Crippen LogP contribution in [-0.2, 0) is 14.3 Å². The lowest BCUT2D eigenvalue weighted by Crippen LogP contribution is -2.29. The van der Waals surface area contributed by atoms with Gasteiger partial charge in [0.2, 0.25) is 11.8 Å². The number of rotatable bonds is 7. The lowest BCUT2D eigenvalue weighted by Gasteiger charge is -2.06. The van der Waals surface area contributed by atoms with Gasteiger partial charge in [0, 0.05) is 25.9 Å². The van der Waals surface area contributed by atoms with Gasteiger partial charge in [-0.3, -0.25) is 9.59 Å². The number of carbonyl (C=O) groups is 2. The van der Waals surface area contributed by atoms with Crippen molar-refractivity contribution in [2.75, 3.05) is 25.6 Å². The van der Waals surface area contributed by atoms with Crippen molar-refractivity contribution in [1.29, 1.82) is 5.26 Å². The summed E-state index contributed by atoms with van der Waals surface area (Å²) in [6.45, 7) is 1.05. The lowest BCUT2D eigenvalue weighted by molar-refractivity contribution is -0.126. The summed E-state index contributed by atoms with van der Waals surface area (Å²) >= 11 is 0. The number of nitrogens with zero attached hydrogens (tertiary/aromatic N) is 1. The van der Waals surface area contributed by atoms with E-state index in [-0.39, 0.29) is 18.2 Å². The second-order valence-electron chi connectivity index (χ2n) is 4.11. The molecular formula is C14H17N3O3. The molecule has 20 heavy (non-hydrogen) atoms. The first-order chi connectivity index (χ1) is 9.65. The molecular weight excluding hydrogens is 258 g/mol. The van der Waals surface area contributed by atoms with Crippen molar-refractivity contribution in [3.63, 3.8) is 0 Å². The SMILES string of the molecule is COCCCNC(=O)CC(=O)Nc1ccc(C#N)cc1. The number of amides is 2. The van der Waals surface area contributed by atoms with Crippen molar-refractivity contribution >= 4 is 17.5 Å². The van der Waals surface area contributed by atoms with Crippen LogP contribution < -0.4 is 10.6 Å². The van der Waals surface area contributed by atoms with Gasteiger partial charge < -0.3 is 15.4 Å². The maximum absolute atomic E-state index is 11.6. The van der Waals surface area contributed by atoms with Crippen LogP contribution in [0.3, 0.4) is 0 Å². The first kappa shape index (κ1) is 15.7. The normalized spacial score (nSPS) is 9.60. The van der Waals surface area contributed by atoms with Crippen molar-refractivity contribution in [3.05, 3.63) is 29.8 Å². The highest BCUT2D eigenvalue weighted by Gasteiger charge is 2.09. The molecule has 0 aliphatic carbocycles. The Balaban J connectivity index is 2.31. The molecule has 0 bridgehead atoms. The summed E-state index contributed by atoms with van der Waals surface area (Å²) < 4.78 is 4.85. The predicted molar refractivity (Wildman–Crippen MR) is 73.9 cm³/mol. The first-order valence-electron chi connectivity index (χ1n) is 6.21. The molecule has 0 aromatic heterocycles. The topological polar surface area (TPSA) is 91.2 Å². The number of hydrogen-bond donors (Lipinski definition) is 2. The zero-order valence-electron chi connectivity index (χ0n) is 11.3. The summed E-state index contributed by atoms with van der Waals surface area (Å²) in [7, 11) is 1.59. The van der Waals surface area contributed by atoms with Crippen molar-refractivity contribution in [2.45, 2.75) is 12.8 Å². The third-order valence-corrected chi connectivity index (χ3v) is 2.47. The molecule has 2 N–H and O–H groups in total. The fraction of sp³-hybridized carbons (Fsp3) is 0.357. The number of carbonyl (C=O) groups excluding carboxylic acids is 2. The quantitative estimate of drug-likeness (QED) is 0.574. The average Bonchev–Trinajstić information content (AvgIpc) is 2.44. The van der Waals surface area contributed by atoms with Gasteiger partial charge in [-0.15, -0.1) is 0 Å². The molecule has 0 spiro atoms. The minimum Gasteiger partial charge on any atom is -0.385 e. The van der Waals surface area contributed by atoms with Crippen LogP contribution in [0.5, 0.6) is 0 Å². The number of methoxy groups -OCH3 is 1. The van der Waals surface area contributed by atoms with Crippen molar-refractivity contribution in [3.8, 4) is 6.07 Å². The second kappa shape index (κ2) is 8.67. The summed E-state index contributed by atoms with van der Waals surface area (Å²) in [6.07, 6.45) is 0.479. The first-order valence-corrected chi connectivity index (χ1v) is 6.21. The number of hydrogen-bond acceptors (Lipinski definition) is 4. The molecule has 2 amide bonds. The Kier molecular flexibility index (Phi) is 6.79. The molecule has 106 valence electrons. The fourth-order valence-corrected chi connectivity index (χ4v) is 1.49. The zero-order chi connectivity index (χ0) is 14.8. The highest BCUT2D eigenvalue weighted by molar-refractivity contribution is 6.03. The van der Waals surface area contributed by atoms with Crippen LogP contribution in [-0.4, -0.2) is 32.1 Å². The molecule has 1 aromatic carbocycles. The average molecular weight is 275 g/mol. The van der Waals surface area contributed by atoms with E-state index in [1.54, 1.807) is 31.4 Å². The van der Waals surface area contributed by atoms with Gasteiger partial charge in [-0.2, -0.15) is 5.26 Å². The van der Waals surface area contributed by atoms with E-state index in [9.17, 15) is 9.59 Å². The van der Waals surface area contributed by atoms with E-state index >= 15 is 0 Å². The number of nitrogens with one attached hydrogen (secondary N) is 2. The molecule has 0 saturated heterocycles. The van der Waals surface area contributed by atoms with Gasteiger partial charge in [-0.05, 0) is 30.7 Å². The summed E-state index contributed by atoms with van der Waals surface area (Å²) in [6, 6.07) is 8.42. The minimum absolute atomic E-state index is 0.229. The van der Waals surface area contributed by atoms with Gasteiger partial charge in [0.15, 0.2) is 0 Å². The van der Waals surface area contributed by atoms with Crippen LogP contribution in [0.25, 0.3) is 0 Å². The van der Waals surface area contributed by atoms with Gasteiger partial charge >= 0.3 is 0 Å². The molecule has 6 nitrogen and oxygen atoms in total. The van der Waals surface area contributed by atoms with E-state index in [4.69, 9.17) is 10.00 Å². The van der Waals surface area contributed by atoms with Gasteiger partial charge in [-0.1, -0.05) is 0 Å². The summed E-state index contributed by atoms with van der Waals surface area (Å²) in [5, 5.41) is 13.9. The highest BCUT2D eigenvalue weighted by atomic mass is 16.5. The van der Waals surface area contributed by atoms with E-state index in [1.165, 1.54) is 0 Å². The zero-order valence-corrected chi connectivity index (χ0v) is 11.3. The van der Waals surface area contributed by atoms with Crippen molar-refractivity contribution in [2.24, 2.45) is 0 Å². The van der Waals surface area contributed by atoms with E-state index in [0.29, 0.717) is 30.8 Å². The largest absolute Gasteiger partial charge is 0.385 e. The number of ether oxygens (including phenoxy) is 1. The third-order valence-electron chi connectivity index (χ3n) is 2.47. The molecule has 0 radical (unpaired) electrons. The minimum atomic E-state index is -0.390. The molecule has 1 aromatic rings. The highest BCUT2D eigenvalue weighted by Crippen LogP contribution is 2.08. The Morgan fingerprint density at radius 1 is 1.25 bits per heavy atom. The van der Waals surface area contributed by atoms with Crippen LogP contribution in [0.1, 0.15) is 18.4 Å². The molecule has 0 unspecified atom stereocenters. The van der Waals surface area contributed by atoms with Crippen LogP contribution in [0.15, 0.2) is 24.3 Å². The van der Waals surface area contributed by atoms with E-state index in [2.05, 4.69) is 10.6 Å². The Hall–Kier alpha value is -2.39. The number of benzene rings is 1. The van der Waals surface area contributed by atoms with E-state index in [0.717, 1.165) is 0 Å². The third kappa shape index (κ3) is 5.98. The molecule has 1 rings (SSSR count). The van der Waals surface area contributed by atoms with Gasteiger partial charge in [0.05, 0.1) is 11.6 Å². The van der Waals surface area contributed by atoms with Gasteiger partial charge in [0.1, 0.15) is 6.42 Å². The van der Waals surface area contributed by atoms with Crippen LogP contribution in [0, 0.1) is 11.3 Å². The Morgan fingerprint density at radius 2 is 1.95 bits per heavy atom. The summed E-state index contributed by atoms with van der Waals surface area (Å²) in [5.41, 5.74) is 1.07. The van der Waals surface area contributed by atoms with Crippen LogP contribution >= 0.6 is 0 Å².